The lowest BCUT2D eigenvalue weighted by atomic mass is 10.0. The molecule has 0 aromatic carbocycles. The second-order valence-corrected chi connectivity index (χ2v) is 3.84. The third-order valence-corrected chi connectivity index (χ3v) is 3.23. The van der Waals surface area contributed by atoms with E-state index in [1.807, 2.05) is 6.07 Å². The van der Waals surface area contributed by atoms with Crippen LogP contribution in [-0.4, -0.2) is 9.97 Å². The van der Waals surface area contributed by atoms with Crippen LogP contribution in [0.25, 0.3) is 0 Å². The third-order valence-electron chi connectivity index (χ3n) is 2.74. The molecule has 1 spiro atoms. The molecule has 0 saturated heterocycles. The van der Waals surface area contributed by atoms with Crippen LogP contribution in [0, 0.1) is 0 Å². The highest BCUT2D eigenvalue weighted by Gasteiger charge is 2.53. The van der Waals surface area contributed by atoms with Crippen LogP contribution in [0.5, 0.6) is 0 Å². The molecule has 12 heavy (non-hydrogen) atoms. The standard InChI is InChI=1S/C9H8N2S/c12-8-9(3-4-9)6-2-1-5-10-7(6)11-8/h1-2,5H,3-4H2,(H,10,11,12). The maximum atomic E-state index is 5.27. The monoisotopic (exact) mass is 176 g/mol. The zero-order chi connectivity index (χ0) is 8.18. The Labute approximate surface area is 76.0 Å². The van der Waals surface area contributed by atoms with Gasteiger partial charge in [-0.15, -0.1) is 0 Å². The van der Waals surface area contributed by atoms with Crippen molar-refractivity contribution in [2.24, 2.45) is 0 Å². The summed E-state index contributed by atoms with van der Waals surface area (Å²) in [6.07, 6.45) is 4.19. The predicted octanol–water partition coefficient (Wildman–Crippen LogP) is 1.87. The van der Waals surface area contributed by atoms with Crippen LogP contribution in [-0.2, 0) is 5.41 Å². The molecule has 1 aliphatic carbocycles. The summed E-state index contributed by atoms with van der Waals surface area (Å²) in [6, 6.07) is 4.11. The van der Waals surface area contributed by atoms with E-state index in [4.69, 9.17) is 12.2 Å². The Bertz CT molecular complexity index is 369. The van der Waals surface area contributed by atoms with E-state index in [0.29, 0.717) is 0 Å². The van der Waals surface area contributed by atoms with Gasteiger partial charge in [-0.1, -0.05) is 18.3 Å². The summed E-state index contributed by atoms with van der Waals surface area (Å²) >= 11 is 5.27. The van der Waals surface area contributed by atoms with E-state index in [9.17, 15) is 0 Å². The van der Waals surface area contributed by atoms with Crippen molar-refractivity contribution in [2.75, 3.05) is 5.32 Å². The molecule has 0 bridgehead atoms. The largest absolute Gasteiger partial charge is 0.334 e. The van der Waals surface area contributed by atoms with Crippen molar-refractivity contribution < 1.29 is 0 Å². The first-order chi connectivity index (χ1) is 5.83. The lowest BCUT2D eigenvalue weighted by molar-refractivity contribution is 0.991. The first-order valence-electron chi connectivity index (χ1n) is 4.10. The van der Waals surface area contributed by atoms with Crippen LogP contribution in [0.2, 0.25) is 0 Å². The highest BCUT2D eigenvalue weighted by atomic mass is 32.1. The summed E-state index contributed by atoms with van der Waals surface area (Å²) in [6.45, 7) is 0. The van der Waals surface area contributed by atoms with E-state index in [2.05, 4.69) is 16.4 Å². The molecule has 1 saturated carbocycles. The number of nitrogens with one attached hydrogen (secondary N) is 1. The van der Waals surface area contributed by atoms with Gasteiger partial charge in [0.15, 0.2) is 0 Å². The highest BCUT2D eigenvalue weighted by molar-refractivity contribution is 7.80. The number of aromatic nitrogens is 1. The van der Waals surface area contributed by atoms with Crippen LogP contribution in [0.4, 0.5) is 5.82 Å². The summed E-state index contributed by atoms with van der Waals surface area (Å²) < 4.78 is 0. The van der Waals surface area contributed by atoms with E-state index in [1.54, 1.807) is 6.20 Å². The normalized spacial score (nSPS) is 22.2. The molecular weight excluding hydrogens is 168 g/mol. The maximum absolute atomic E-state index is 5.27. The molecule has 2 heterocycles. The Morgan fingerprint density at radius 2 is 2.33 bits per heavy atom. The first kappa shape index (κ1) is 6.54. The Morgan fingerprint density at radius 1 is 1.50 bits per heavy atom. The van der Waals surface area contributed by atoms with Crippen LogP contribution >= 0.6 is 12.2 Å². The molecular formula is C9H8N2S. The second kappa shape index (κ2) is 1.85. The third kappa shape index (κ3) is 0.607. The van der Waals surface area contributed by atoms with Crippen molar-refractivity contribution in [1.82, 2.24) is 4.98 Å². The van der Waals surface area contributed by atoms with Crippen LogP contribution in [0.1, 0.15) is 18.4 Å². The SMILES string of the molecule is S=C1Nc2ncccc2C12CC2. The fourth-order valence-electron chi connectivity index (χ4n) is 1.86. The molecule has 0 amide bonds. The molecule has 0 radical (unpaired) electrons. The number of pyridine rings is 1. The molecule has 2 nitrogen and oxygen atoms in total. The topological polar surface area (TPSA) is 24.9 Å². The van der Waals surface area contributed by atoms with Gasteiger partial charge in [-0.3, -0.25) is 0 Å². The number of thiocarbonyl (C=S) groups is 1. The van der Waals surface area contributed by atoms with E-state index >= 15 is 0 Å². The van der Waals surface area contributed by atoms with E-state index in [1.165, 1.54) is 18.4 Å². The van der Waals surface area contributed by atoms with Crippen LogP contribution < -0.4 is 5.32 Å². The van der Waals surface area contributed by atoms with Gasteiger partial charge in [0.1, 0.15) is 5.82 Å². The second-order valence-electron chi connectivity index (χ2n) is 3.44. The van der Waals surface area contributed by atoms with Gasteiger partial charge in [-0.2, -0.15) is 0 Å². The van der Waals surface area contributed by atoms with Crippen molar-refractivity contribution in [3.8, 4) is 0 Å². The zero-order valence-corrected chi connectivity index (χ0v) is 7.32. The molecule has 0 unspecified atom stereocenters. The van der Waals surface area contributed by atoms with Crippen LogP contribution in [0.15, 0.2) is 18.3 Å². The Morgan fingerprint density at radius 3 is 3.08 bits per heavy atom. The summed E-state index contributed by atoms with van der Waals surface area (Å²) in [7, 11) is 0. The summed E-state index contributed by atoms with van der Waals surface area (Å²) in [5.41, 5.74) is 1.49. The molecule has 0 atom stereocenters. The maximum Gasteiger partial charge on any atom is 0.134 e. The average Bonchev–Trinajstić information content (AvgIpc) is 2.80. The minimum Gasteiger partial charge on any atom is -0.334 e. The lowest BCUT2D eigenvalue weighted by Crippen LogP contribution is -2.15. The minimum absolute atomic E-state index is 0.193. The summed E-state index contributed by atoms with van der Waals surface area (Å²) in [5, 5.41) is 3.17. The van der Waals surface area contributed by atoms with Gasteiger partial charge in [0.25, 0.3) is 0 Å². The molecule has 1 fully saturated rings. The van der Waals surface area contributed by atoms with E-state index in [-0.39, 0.29) is 5.41 Å². The highest BCUT2D eigenvalue weighted by Crippen LogP contribution is 2.54. The van der Waals surface area contributed by atoms with E-state index in [0.717, 1.165) is 10.8 Å². The summed E-state index contributed by atoms with van der Waals surface area (Å²) in [4.78, 5) is 5.22. The Balaban J connectivity index is 2.26. The van der Waals surface area contributed by atoms with Gasteiger partial charge < -0.3 is 5.32 Å². The zero-order valence-electron chi connectivity index (χ0n) is 6.50. The quantitative estimate of drug-likeness (QED) is 0.611. The number of hydrogen-bond acceptors (Lipinski definition) is 2. The van der Waals surface area contributed by atoms with Gasteiger partial charge in [0, 0.05) is 17.2 Å². The van der Waals surface area contributed by atoms with Gasteiger partial charge in [0.05, 0.1) is 4.99 Å². The van der Waals surface area contributed by atoms with E-state index < -0.39 is 0 Å². The molecule has 60 valence electrons. The van der Waals surface area contributed by atoms with Crippen molar-refractivity contribution in [1.29, 1.82) is 0 Å². The molecule has 1 aliphatic heterocycles. The van der Waals surface area contributed by atoms with Gasteiger partial charge in [-0.05, 0) is 18.9 Å². The Hall–Kier alpha value is -0.960. The van der Waals surface area contributed by atoms with Crippen molar-refractivity contribution in [3.63, 3.8) is 0 Å². The average molecular weight is 176 g/mol. The van der Waals surface area contributed by atoms with Crippen LogP contribution in [0.3, 0.4) is 0 Å². The molecule has 1 N–H and O–H groups in total. The predicted molar refractivity (Wildman–Crippen MR) is 51.4 cm³/mol. The molecule has 2 aliphatic rings. The molecule has 1 aromatic rings. The first-order valence-corrected chi connectivity index (χ1v) is 4.51. The molecule has 3 rings (SSSR count). The summed E-state index contributed by atoms with van der Waals surface area (Å²) in [5.74, 6) is 0.972. The van der Waals surface area contributed by atoms with Crippen molar-refractivity contribution in [2.45, 2.75) is 18.3 Å². The van der Waals surface area contributed by atoms with Gasteiger partial charge in [-0.25, -0.2) is 4.98 Å². The van der Waals surface area contributed by atoms with Crippen molar-refractivity contribution in [3.05, 3.63) is 23.9 Å². The molecule has 1 aromatic heterocycles. The van der Waals surface area contributed by atoms with Gasteiger partial charge >= 0.3 is 0 Å². The number of fused-ring (bicyclic) bond motifs is 2. The smallest absolute Gasteiger partial charge is 0.134 e. The van der Waals surface area contributed by atoms with Gasteiger partial charge in [0.2, 0.25) is 0 Å². The lowest BCUT2D eigenvalue weighted by Gasteiger charge is -2.03. The number of hydrogen-bond donors (Lipinski definition) is 1. The fourth-order valence-corrected chi connectivity index (χ4v) is 2.27. The number of nitrogens with zero attached hydrogens (tertiary/aromatic N) is 1. The minimum atomic E-state index is 0.193. The molecule has 3 heteroatoms. The Kier molecular flexibility index (Phi) is 1.01. The fraction of sp³-hybridized carbons (Fsp3) is 0.333. The number of rotatable bonds is 0. The number of anilines is 1. The van der Waals surface area contributed by atoms with Crippen molar-refractivity contribution >= 4 is 23.0 Å².